The molecule has 2 nitrogen and oxygen atoms in total. The fourth-order valence-corrected chi connectivity index (χ4v) is 4.23. The number of hydrogen-bond acceptors (Lipinski definition) is 2. The third kappa shape index (κ3) is 2.64. The molecule has 114 valence electrons. The monoisotopic (exact) mass is 284 g/mol. The molecule has 3 aliphatic rings. The van der Waals surface area contributed by atoms with Gasteiger partial charge in [0.15, 0.2) is 0 Å². The first-order valence-corrected chi connectivity index (χ1v) is 8.71. The van der Waals surface area contributed by atoms with Gasteiger partial charge < -0.3 is 5.32 Å². The van der Waals surface area contributed by atoms with Gasteiger partial charge in [-0.2, -0.15) is 0 Å². The summed E-state index contributed by atoms with van der Waals surface area (Å²) in [4.78, 5) is 2.83. The molecule has 2 unspecified atom stereocenters. The summed E-state index contributed by atoms with van der Waals surface area (Å²) < 4.78 is 0. The maximum Gasteiger partial charge on any atom is 0.0478 e. The van der Waals surface area contributed by atoms with E-state index in [9.17, 15) is 0 Å². The molecule has 1 heterocycles. The van der Waals surface area contributed by atoms with Gasteiger partial charge in [-0.1, -0.05) is 30.3 Å². The molecule has 0 bridgehead atoms. The zero-order valence-corrected chi connectivity index (χ0v) is 13.4. The molecule has 1 aromatic carbocycles. The van der Waals surface area contributed by atoms with E-state index in [1.54, 1.807) is 0 Å². The first-order valence-electron chi connectivity index (χ1n) is 8.71. The second-order valence-corrected chi connectivity index (χ2v) is 7.86. The van der Waals surface area contributed by atoms with Crippen molar-refractivity contribution in [1.82, 2.24) is 10.2 Å². The van der Waals surface area contributed by atoms with Gasteiger partial charge >= 0.3 is 0 Å². The Morgan fingerprint density at radius 3 is 2.38 bits per heavy atom. The maximum absolute atomic E-state index is 3.85. The predicted octanol–water partition coefficient (Wildman–Crippen LogP) is 3.60. The molecule has 3 fully saturated rings. The van der Waals surface area contributed by atoms with Crippen molar-refractivity contribution in [1.29, 1.82) is 0 Å². The van der Waals surface area contributed by atoms with Gasteiger partial charge in [-0.15, -0.1) is 0 Å². The molecule has 0 amide bonds. The van der Waals surface area contributed by atoms with Gasteiger partial charge in [-0.25, -0.2) is 0 Å². The zero-order chi connectivity index (χ0) is 14.4. The summed E-state index contributed by atoms with van der Waals surface area (Å²) in [6.45, 7) is 7.31. The Bertz CT molecular complexity index is 488. The molecule has 1 saturated heterocycles. The third-order valence-electron chi connectivity index (χ3n) is 6.04. The molecule has 0 spiro atoms. The van der Waals surface area contributed by atoms with Crippen LogP contribution in [0.2, 0.25) is 0 Å². The highest BCUT2D eigenvalue weighted by Gasteiger charge is 2.48. The number of piperazine rings is 1. The van der Waals surface area contributed by atoms with E-state index in [-0.39, 0.29) is 0 Å². The molecule has 1 aliphatic heterocycles. The van der Waals surface area contributed by atoms with Gasteiger partial charge in [0.2, 0.25) is 0 Å². The molecule has 0 radical (unpaired) electrons. The number of nitrogens with zero attached hydrogens (tertiary/aromatic N) is 1. The Balaban J connectivity index is 1.61. The van der Waals surface area contributed by atoms with E-state index < -0.39 is 0 Å². The number of rotatable bonds is 4. The second kappa shape index (κ2) is 5.10. The van der Waals surface area contributed by atoms with Gasteiger partial charge in [0, 0.05) is 30.7 Å². The van der Waals surface area contributed by atoms with Crippen LogP contribution in [-0.2, 0) is 0 Å². The van der Waals surface area contributed by atoms with Crippen molar-refractivity contribution in [2.24, 2.45) is 11.8 Å². The fraction of sp³-hybridized carbons (Fsp3) is 0.684. The van der Waals surface area contributed by atoms with E-state index in [4.69, 9.17) is 0 Å². The van der Waals surface area contributed by atoms with E-state index in [1.165, 1.54) is 37.8 Å². The molecule has 21 heavy (non-hydrogen) atoms. The maximum atomic E-state index is 3.85. The molecular formula is C19H28N2. The Morgan fingerprint density at radius 2 is 1.76 bits per heavy atom. The highest BCUT2D eigenvalue weighted by atomic mass is 15.3. The quantitative estimate of drug-likeness (QED) is 0.909. The fourth-order valence-electron chi connectivity index (χ4n) is 4.23. The zero-order valence-electron chi connectivity index (χ0n) is 13.4. The van der Waals surface area contributed by atoms with E-state index in [1.807, 2.05) is 0 Å². The van der Waals surface area contributed by atoms with Crippen molar-refractivity contribution in [3.8, 4) is 0 Å². The lowest BCUT2D eigenvalue weighted by Crippen LogP contribution is -2.60. The average molecular weight is 284 g/mol. The Labute approximate surface area is 128 Å². The van der Waals surface area contributed by atoms with Crippen LogP contribution in [0.1, 0.15) is 51.1 Å². The highest BCUT2D eigenvalue weighted by Crippen LogP contribution is 2.47. The Morgan fingerprint density at radius 1 is 1.05 bits per heavy atom. The molecule has 2 atom stereocenters. The molecule has 0 aromatic heterocycles. The van der Waals surface area contributed by atoms with Crippen LogP contribution in [0.3, 0.4) is 0 Å². The molecule has 1 N–H and O–H groups in total. The molecule has 1 aromatic rings. The van der Waals surface area contributed by atoms with Gasteiger partial charge in [-0.3, -0.25) is 4.90 Å². The van der Waals surface area contributed by atoms with Crippen molar-refractivity contribution < 1.29 is 0 Å². The lowest BCUT2D eigenvalue weighted by molar-refractivity contribution is 0.0121. The Kier molecular flexibility index (Phi) is 3.35. The molecule has 2 saturated carbocycles. The van der Waals surface area contributed by atoms with Crippen molar-refractivity contribution in [2.45, 2.75) is 57.2 Å². The Hall–Kier alpha value is -0.860. The molecule has 2 aliphatic carbocycles. The van der Waals surface area contributed by atoms with Crippen LogP contribution in [0.25, 0.3) is 0 Å². The van der Waals surface area contributed by atoms with Crippen LogP contribution in [0.4, 0.5) is 0 Å². The summed E-state index contributed by atoms with van der Waals surface area (Å²) in [5, 5.41) is 3.85. The summed E-state index contributed by atoms with van der Waals surface area (Å²) in [5.41, 5.74) is 1.82. The smallest absolute Gasteiger partial charge is 0.0478 e. The van der Waals surface area contributed by atoms with Gasteiger partial charge in [0.25, 0.3) is 0 Å². The van der Waals surface area contributed by atoms with Crippen molar-refractivity contribution >= 4 is 0 Å². The van der Waals surface area contributed by atoms with Crippen LogP contribution in [0.5, 0.6) is 0 Å². The minimum Gasteiger partial charge on any atom is -0.311 e. The molecule has 2 heteroatoms. The van der Waals surface area contributed by atoms with Crippen LogP contribution >= 0.6 is 0 Å². The van der Waals surface area contributed by atoms with E-state index in [0.29, 0.717) is 11.6 Å². The summed E-state index contributed by atoms with van der Waals surface area (Å²) >= 11 is 0. The minimum atomic E-state index is 0.343. The van der Waals surface area contributed by atoms with Crippen LogP contribution in [0, 0.1) is 11.8 Å². The summed E-state index contributed by atoms with van der Waals surface area (Å²) in [6, 6.07) is 12.4. The minimum absolute atomic E-state index is 0.343. The number of nitrogens with one attached hydrogen (secondary N) is 1. The SMILES string of the molecule is CC(C)(C1CC1)N1CC(C2CC2)NCC1c1ccccc1. The van der Waals surface area contributed by atoms with Crippen LogP contribution < -0.4 is 5.32 Å². The summed E-state index contributed by atoms with van der Waals surface area (Å²) in [7, 11) is 0. The standard InChI is InChI=1S/C19H28N2/c1-19(2,16-10-11-16)21-13-17(14-8-9-14)20-12-18(21)15-6-4-3-5-7-15/h3-7,14,16-18,20H,8-13H2,1-2H3. The van der Waals surface area contributed by atoms with Gasteiger partial charge in [0.05, 0.1) is 0 Å². The van der Waals surface area contributed by atoms with Crippen molar-refractivity contribution in [3.63, 3.8) is 0 Å². The predicted molar refractivity (Wildman–Crippen MR) is 87.2 cm³/mol. The lowest BCUT2D eigenvalue weighted by atomic mass is 9.88. The van der Waals surface area contributed by atoms with E-state index in [0.717, 1.165) is 24.4 Å². The van der Waals surface area contributed by atoms with Gasteiger partial charge in [-0.05, 0) is 56.9 Å². The first kappa shape index (κ1) is 13.8. The number of benzene rings is 1. The second-order valence-electron chi connectivity index (χ2n) is 7.86. The van der Waals surface area contributed by atoms with E-state index in [2.05, 4.69) is 54.4 Å². The summed E-state index contributed by atoms with van der Waals surface area (Å²) in [6.07, 6.45) is 5.72. The topological polar surface area (TPSA) is 15.3 Å². The van der Waals surface area contributed by atoms with Crippen molar-refractivity contribution in [3.05, 3.63) is 35.9 Å². The lowest BCUT2D eigenvalue weighted by Gasteiger charge is -2.50. The average Bonchev–Trinajstić information content (AvgIpc) is 3.40. The van der Waals surface area contributed by atoms with Crippen LogP contribution in [-0.4, -0.2) is 29.6 Å². The van der Waals surface area contributed by atoms with Crippen LogP contribution in [0.15, 0.2) is 30.3 Å². The highest BCUT2D eigenvalue weighted by molar-refractivity contribution is 5.22. The molecule has 4 rings (SSSR count). The number of hydrogen-bond donors (Lipinski definition) is 1. The van der Waals surface area contributed by atoms with Crippen molar-refractivity contribution in [2.75, 3.05) is 13.1 Å². The normalized spacial score (nSPS) is 31.3. The van der Waals surface area contributed by atoms with E-state index >= 15 is 0 Å². The summed E-state index contributed by atoms with van der Waals surface area (Å²) in [5.74, 6) is 1.85. The van der Waals surface area contributed by atoms with Gasteiger partial charge in [0.1, 0.15) is 0 Å². The largest absolute Gasteiger partial charge is 0.311 e. The molecular weight excluding hydrogens is 256 g/mol. The first-order chi connectivity index (χ1) is 10.2. The third-order valence-corrected chi connectivity index (χ3v) is 6.04.